The average Bonchev–Trinajstić information content (AvgIpc) is 2.99. The fourth-order valence-corrected chi connectivity index (χ4v) is 3.49. The summed E-state index contributed by atoms with van der Waals surface area (Å²) in [4.78, 5) is 13.5. The Balaban J connectivity index is 1.83. The van der Waals surface area contributed by atoms with E-state index in [2.05, 4.69) is 15.0 Å². The van der Waals surface area contributed by atoms with Crippen molar-refractivity contribution in [2.45, 2.75) is 43.7 Å². The molecule has 0 aliphatic carbocycles. The van der Waals surface area contributed by atoms with Crippen molar-refractivity contribution < 1.29 is 24.9 Å². The molecular formula is C13H20N4O5. The summed E-state index contributed by atoms with van der Waals surface area (Å²) >= 11 is 0. The van der Waals surface area contributed by atoms with Crippen LogP contribution in [-0.4, -0.2) is 85.7 Å². The van der Waals surface area contributed by atoms with Gasteiger partial charge in [0.1, 0.15) is 0 Å². The molecule has 0 amide bonds. The van der Waals surface area contributed by atoms with Crippen LogP contribution >= 0.6 is 0 Å². The molecule has 9 nitrogen and oxygen atoms in total. The fourth-order valence-electron chi connectivity index (χ4n) is 3.49. The maximum Gasteiger partial charge on any atom is 0.360 e. The Hall–Kier alpha value is -1.55. The molecular weight excluding hydrogens is 292 g/mol. The molecule has 122 valence electrons. The number of aromatic nitrogens is 3. The van der Waals surface area contributed by atoms with Crippen LogP contribution in [0.25, 0.3) is 0 Å². The largest absolute Gasteiger partial charge is 0.464 e. The zero-order valence-corrected chi connectivity index (χ0v) is 12.5. The quantitative estimate of drug-likeness (QED) is 0.541. The van der Waals surface area contributed by atoms with Crippen molar-refractivity contribution in [1.82, 2.24) is 19.9 Å². The Morgan fingerprint density at radius 3 is 2.68 bits per heavy atom. The van der Waals surface area contributed by atoms with Crippen LogP contribution in [0.3, 0.4) is 0 Å². The fraction of sp³-hybridized carbons (Fsp3) is 0.769. The smallest absolute Gasteiger partial charge is 0.360 e. The molecule has 3 N–H and O–H groups in total. The van der Waals surface area contributed by atoms with E-state index in [1.807, 2.05) is 4.90 Å². The van der Waals surface area contributed by atoms with Gasteiger partial charge >= 0.3 is 5.97 Å². The van der Waals surface area contributed by atoms with Gasteiger partial charge in [0.25, 0.3) is 0 Å². The topological polar surface area (TPSA) is 121 Å². The number of aliphatic hydroxyl groups excluding tert-OH is 3. The highest BCUT2D eigenvalue weighted by Gasteiger charge is 2.48. The standard InChI is InChI=1S/C13H20N4O5/c1-6-10(13(21)22-2)14-15-17(6)7-3-8(18)11-12(20)9(19)5-16(11)4-7/h7-9,11-12,18-20H,3-5H2,1-2H3/t7?,8-,9-,11-,12-/m1/s1. The molecule has 0 bridgehead atoms. The summed E-state index contributed by atoms with van der Waals surface area (Å²) in [5.41, 5.74) is 0.725. The summed E-state index contributed by atoms with van der Waals surface area (Å²) in [7, 11) is 1.28. The zero-order chi connectivity index (χ0) is 16.0. The lowest BCUT2D eigenvalue weighted by Crippen LogP contribution is -2.52. The molecule has 3 rings (SSSR count). The van der Waals surface area contributed by atoms with Crippen molar-refractivity contribution >= 4 is 5.97 Å². The van der Waals surface area contributed by atoms with Crippen molar-refractivity contribution in [3.05, 3.63) is 11.4 Å². The van der Waals surface area contributed by atoms with Gasteiger partial charge in [0.2, 0.25) is 0 Å². The number of carbonyl (C=O) groups excluding carboxylic acids is 1. The van der Waals surface area contributed by atoms with Gasteiger partial charge in [-0.3, -0.25) is 4.90 Å². The number of hydrogen-bond donors (Lipinski definition) is 3. The van der Waals surface area contributed by atoms with Crippen LogP contribution in [0.1, 0.15) is 28.6 Å². The van der Waals surface area contributed by atoms with E-state index in [1.54, 1.807) is 11.6 Å². The molecule has 0 saturated carbocycles. The molecule has 2 aliphatic heterocycles. The molecule has 9 heteroatoms. The van der Waals surface area contributed by atoms with Gasteiger partial charge < -0.3 is 20.1 Å². The third-order valence-electron chi connectivity index (χ3n) is 4.59. The number of nitrogens with zero attached hydrogens (tertiary/aromatic N) is 4. The molecule has 1 aromatic heterocycles. The van der Waals surface area contributed by atoms with Crippen molar-refractivity contribution in [1.29, 1.82) is 0 Å². The maximum absolute atomic E-state index is 11.6. The van der Waals surface area contributed by atoms with E-state index in [-0.39, 0.29) is 11.7 Å². The van der Waals surface area contributed by atoms with Crippen LogP contribution in [0.5, 0.6) is 0 Å². The van der Waals surface area contributed by atoms with E-state index in [4.69, 9.17) is 0 Å². The summed E-state index contributed by atoms with van der Waals surface area (Å²) in [6, 6.07) is -0.648. The summed E-state index contributed by atoms with van der Waals surface area (Å²) in [5, 5.41) is 37.8. The second-order valence-corrected chi connectivity index (χ2v) is 5.92. The number of fused-ring (bicyclic) bond motifs is 1. The first-order valence-corrected chi connectivity index (χ1v) is 7.22. The Morgan fingerprint density at radius 2 is 2.00 bits per heavy atom. The predicted molar refractivity (Wildman–Crippen MR) is 73.1 cm³/mol. The number of esters is 1. The number of ether oxygens (including phenoxy) is 1. The number of methoxy groups -OCH3 is 1. The van der Waals surface area contributed by atoms with Crippen LogP contribution in [0.15, 0.2) is 0 Å². The summed E-state index contributed by atoms with van der Waals surface area (Å²) < 4.78 is 6.26. The molecule has 2 saturated heterocycles. The van der Waals surface area contributed by atoms with Crippen molar-refractivity contribution in [2.75, 3.05) is 20.2 Å². The molecule has 0 radical (unpaired) electrons. The minimum absolute atomic E-state index is 0.153. The molecule has 0 aromatic carbocycles. The maximum atomic E-state index is 11.6. The van der Waals surface area contributed by atoms with E-state index < -0.39 is 30.3 Å². The molecule has 1 aromatic rings. The highest BCUT2D eigenvalue weighted by molar-refractivity contribution is 5.88. The van der Waals surface area contributed by atoms with Crippen LogP contribution < -0.4 is 0 Å². The van der Waals surface area contributed by atoms with Crippen molar-refractivity contribution in [3.8, 4) is 0 Å². The predicted octanol–water partition coefficient (Wildman–Crippen LogP) is -1.92. The highest BCUT2D eigenvalue weighted by atomic mass is 16.5. The van der Waals surface area contributed by atoms with Gasteiger partial charge in [-0.25, -0.2) is 9.48 Å². The minimum Gasteiger partial charge on any atom is -0.464 e. The number of aliphatic hydroxyl groups is 3. The summed E-state index contributed by atoms with van der Waals surface area (Å²) in [6.45, 7) is 2.54. The Bertz CT molecular complexity index is 577. The lowest BCUT2D eigenvalue weighted by atomic mass is 9.94. The SMILES string of the molecule is COC(=O)c1nnn(C2C[C@@H](O)[C@@H]3[C@H](O)[C@H](O)CN3C2)c1C. The van der Waals surface area contributed by atoms with Crippen molar-refractivity contribution in [2.24, 2.45) is 0 Å². The molecule has 0 spiro atoms. The van der Waals surface area contributed by atoms with E-state index >= 15 is 0 Å². The Kier molecular flexibility index (Phi) is 3.89. The minimum atomic E-state index is -0.946. The van der Waals surface area contributed by atoms with Crippen LogP contribution in [0, 0.1) is 6.92 Å². The molecule has 2 aliphatic rings. The molecule has 22 heavy (non-hydrogen) atoms. The number of carbonyl (C=O) groups is 1. The number of rotatable bonds is 2. The normalized spacial score (nSPS) is 35.4. The first-order valence-electron chi connectivity index (χ1n) is 7.22. The van der Waals surface area contributed by atoms with Gasteiger partial charge in [0, 0.05) is 13.1 Å². The van der Waals surface area contributed by atoms with Crippen molar-refractivity contribution in [3.63, 3.8) is 0 Å². The molecule has 2 fully saturated rings. The van der Waals surface area contributed by atoms with E-state index in [1.165, 1.54) is 7.11 Å². The number of hydrogen-bond acceptors (Lipinski definition) is 8. The first-order chi connectivity index (χ1) is 10.4. The van der Waals surface area contributed by atoms with Gasteiger partial charge in [0.15, 0.2) is 5.69 Å². The van der Waals surface area contributed by atoms with Gasteiger partial charge in [0.05, 0.1) is 43.2 Å². The highest BCUT2D eigenvalue weighted by Crippen LogP contribution is 2.33. The second kappa shape index (κ2) is 5.58. The molecule has 5 atom stereocenters. The summed E-state index contributed by atoms with van der Waals surface area (Å²) in [5.74, 6) is -0.551. The average molecular weight is 312 g/mol. The Morgan fingerprint density at radius 1 is 1.27 bits per heavy atom. The van der Waals surface area contributed by atoms with E-state index in [0.717, 1.165) is 0 Å². The zero-order valence-electron chi connectivity index (χ0n) is 12.5. The summed E-state index contributed by atoms with van der Waals surface area (Å²) in [6.07, 6.45) is -2.22. The van der Waals surface area contributed by atoms with Gasteiger partial charge in [-0.05, 0) is 13.3 Å². The lowest BCUT2D eigenvalue weighted by molar-refractivity contribution is -0.0424. The van der Waals surface area contributed by atoms with E-state index in [0.29, 0.717) is 25.2 Å². The van der Waals surface area contributed by atoms with Crippen LogP contribution in [0.2, 0.25) is 0 Å². The molecule has 3 heterocycles. The monoisotopic (exact) mass is 312 g/mol. The second-order valence-electron chi connectivity index (χ2n) is 5.92. The Labute approximate surface area is 127 Å². The van der Waals surface area contributed by atoms with E-state index in [9.17, 15) is 20.1 Å². The molecule has 1 unspecified atom stereocenters. The van der Waals surface area contributed by atoms with Gasteiger partial charge in [-0.15, -0.1) is 5.10 Å². The van der Waals surface area contributed by atoms with Crippen LogP contribution in [-0.2, 0) is 4.74 Å². The first kappa shape index (κ1) is 15.3. The van der Waals surface area contributed by atoms with Crippen LogP contribution in [0.4, 0.5) is 0 Å². The van der Waals surface area contributed by atoms with Gasteiger partial charge in [-0.1, -0.05) is 5.21 Å². The number of piperidine rings is 1. The lowest BCUT2D eigenvalue weighted by Gasteiger charge is -2.39. The van der Waals surface area contributed by atoms with Gasteiger partial charge in [-0.2, -0.15) is 0 Å². The third kappa shape index (κ3) is 2.30. The third-order valence-corrected chi connectivity index (χ3v) is 4.59.